The minimum atomic E-state index is -3.86. The van der Waals surface area contributed by atoms with E-state index in [2.05, 4.69) is 4.72 Å². The molecule has 1 atom stereocenters. The fourth-order valence-electron chi connectivity index (χ4n) is 3.06. The minimum Gasteiger partial charge on any atom is -0.245 e. The molecule has 3 amide bonds. The van der Waals surface area contributed by atoms with Gasteiger partial charge in [-0.25, -0.2) is 17.9 Å². The van der Waals surface area contributed by atoms with E-state index in [4.69, 9.17) is 0 Å². The highest BCUT2D eigenvalue weighted by Crippen LogP contribution is 2.20. The molecule has 1 unspecified atom stereocenters. The second-order valence-corrected chi connectivity index (χ2v) is 7.91. The van der Waals surface area contributed by atoms with Gasteiger partial charge in [0.25, 0.3) is 0 Å². The molecule has 8 heteroatoms. The Labute approximate surface area is 131 Å². The van der Waals surface area contributed by atoms with Crippen LogP contribution < -0.4 is 4.72 Å². The van der Waals surface area contributed by atoms with Crippen LogP contribution in [0.5, 0.6) is 0 Å². The first-order valence-corrected chi connectivity index (χ1v) is 9.20. The summed E-state index contributed by atoms with van der Waals surface area (Å²) in [6.45, 7) is 1.51. The van der Waals surface area contributed by atoms with Crippen molar-refractivity contribution in [1.82, 2.24) is 9.62 Å². The van der Waals surface area contributed by atoms with Gasteiger partial charge in [0, 0.05) is 6.04 Å². The molecule has 0 radical (unpaired) electrons. The van der Waals surface area contributed by atoms with Crippen LogP contribution in [0.25, 0.3) is 0 Å². The average molecular weight is 330 g/mol. The summed E-state index contributed by atoms with van der Waals surface area (Å²) >= 11 is 0. The number of nitrogens with one attached hydrogen (secondary N) is 1. The molecule has 1 aliphatic heterocycles. The first kappa shape index (κ1) is 17.1. The molecule has 1 N–H and O–H groups in total. The third-order valence-electron chi connectivity index (χ3n) is 4.53. The van der Waals surface area contributed by atoms with Crippen molar-refractivity contribution >= 4 is 27.7 Å². The van der Waals surface area contributed by atoms with Crippen molar-refractivity contribution in [2.75, 3.05) is 14.1 Å². The van der Waals surface area contributed by atoms with Gasteiger partial charge in [0.15, 0.2) is 0 Å². The fourth-order valence-corrected chi connectivity index (χ4v) is 4.92. The predicted molar refractivity (Wildman–Crippen MR) is 82.4 cm³/mol. The monoisotopic (exact) mass is 330 g/mol. The van der Waals surface area contributed by atoms with E-state index in [1.54, 1.807) is 0 Å². The summed E-state index contributed by atoms with van der Waals surface area (Å²) in [5, 5.41) is -1.33. The van der Waals surface area contributed by atoms with Crippen LogP contribution in [0, 0.1) is 0 Å². The zero-order valence-electron chi connectivity index (χ0n) is 13.3. The average Bonchev–Trinajstić information content (AvgIpc) is 2.71. The van der Waals surface area contributed by atoms with E-state index in [0.29, 0.717) is 0 Å². The van der Waals surface area contributed by atoms with E-state index in [-0.39, 0.29) is 11.8 Å². The molecule has 22 heavy (non-hydrogen) atoms. The van der Waals surface area contributed by atoms with Gasteiger partial charge in [-0.2, -0.15) is 14.3 Å². The highest BCUT2D eigenvalue weighted by atomic mass is 32.2. The third kappa shape index (κ3) is 3.22. The summed E-state index contributed by atoms with van der Waals surface area (Å²) in [5.74, 6) is -0.693. The van der Waals surface area contributed by atoms with E-state index >= 15 is 0 Å². The van der Waals surface area contributed by atoms with Gasteiger partial charge in [-0.3, -0.25) is 0 Å². The molecular weight excluding hydrogens is 306 g/mol. The second kappa shape index (κ2) is 6.45. The first-order chi connectivity index (χ1) is 10.3. The molecule has 1 fully saturated rings. The molecule has 7 nitrogen and oxygen atoms in total. The van der Waals surface area contributed by atoms with Crippen molar-refractivity contribution in [3.63, 3.8) is 0 Å². The van der Waals surface area contributed by atoms with Crippen molar-refractivity contribution in [2.24, 2.45) is 0 Å². The predicted octanol–water partition coefficient (Wildman–Crippen LogP) is 0.692. The molecule has 1 heterocycles. The molecule has 124 valence electrons. The molecule has 0 aromatic carbocycles. The Morgan fingerprint density at radius 2 is 1.68 bits per heavy atom. The number of carbonyl (C=O) groups is 2. The molecule has 0 spiro atoms. The van der Waals surface area contributed by atoms with Crippen LogP contribution in [0.2, 0.25) is 0 Å². The van der Waals surface area contributed by atoms with E-state index in [0.717, 1.165) is 43.4 Å². The van der Waals surface area contributed by atoms with Gasteiger partial charge in [0.2, 0.25) is 15.3 Å². The molecule has 1 saturated carbocycles. The van der Waals surface area contributed by atoms with E-state index in [9.17, 15) is 18.0 Å². The highest BCUT2D eigenvalue weighted by Gasteiger charge is 2.50. The maximum Gasteiger partial charge on any atom is 0.500 e. The zero-order valence-corrected chi connectivity index (χ0v) is 14.1. The number of carbonyl (C=O) groups excluding carboxylic acids is 2. The summed E-state index contributed by atoms with van der Waals surface area (Å²) in [6, 6.07) is -0.634. The van der Waals surface area contributed by atoms with Crippen molar-refractivity contribution < 1.29 is 22.6 Å². The van der Waals surface area contributed by atoms with Gasteiger partial charge < -0.3 is 0 Å². The van der Waals surface area contributed by atoms with Gasteiger partial charge in [0.1, 0.15) is 5.71 Å². The van der Waals surface area contributed by atoms with E-state index in [1.807, 2.05) is 0 Å². The smallest absolute Gasteiger partial charge is 0.245 e. The lowest BCUT2D eigenvalue weighted by atomic mass is 10.1. The Morgan fingerprint density at radius 1 is 1.14 bits per heavy atom. The van der Waals surface area contributed by atoms with Crippen molar-refractivity contribution in [2.45, 2.75) is 56.7 Å². The summed E-state index contributed by atoms with van der Waals surface area (Å²) in [5.41, 5.74) is 0.245. The topological polar surface area (TPSA) is 86.6 Å². The molecular formula is C14H24N3O4S+. The third-order valence-corrected chi connectivity index (χ3v) is 6.36. The number of sulfonamides is 1. The number of rotatable bonds is 3. The molecule has 0 bridgehead atoms. The zero-order chi connectivity index (χ0) is 16.5. The van der Waals surface area contributed by atoms with Crippen molar-refractivity contribution in [3.8, 4) is 0 Å². The number of imide groups is 1. The van der Waals surface area contributed by atoms with Crippen molar-refractivity contribution in [1.29, 1.82) is 0 Å². The van der Waals surface area contributed by atoms with Gasteiger partial charge in [0.05, 0.1) is 14.1 Å². The van der Waals surface area contributed by atoms with Crippen LogP contribution in [0.15, 0.2) is 0 Å². The largest absolute Gasteiger partial charge is 0.500 e. The van der Waals surface area contributed by atoms with Gasteiger partial charge >= 0.3 is 11.9 Å². The van der Waals surface area contributed by atoms with E-state index in [1.165, 1.54) is 25.6 Å². The van der Waals surface area contributed by atoms with Crippen LogP contribution in [-0.4, -0.2) is 60.9 Å². The molecule has 0 aromatic rings. The van der Waals surface area contributed by atoms with Gasteiger partial charge in [-0.15, -0.1) is 0 Å². The number of hydrogen-bond acceptors (Lipinski definition) is 4. The Hall–Kier alpha value is -1.28. The SMILES string of the molecule is CC1=[N+](C)C(=O)N(C)C(=O)C1S(=O)(=O)NC1CCCCCC1. The number of nitrogens with zero attached hydrogens (tertiary/aromatic N) is 2. The standard InChI is InChI=1S/C14H24N3O4S/c1-10-12(13(18)17(3)14(19)16(10)2)22(20,21)15-11-8-6-4-5-7-9-11/h11-12,15H,4-9H2,1-3H3/q+1. The lowest BCUT2D eigenvalue weighted by Crippen LogP contribution is -2.59. The lowest BCUT2D eigenvalue weighted by Gasteiger charge is -2.25. The minimum absolute atomic E-state index is 0.124. The van der Waals surface area contributed by atoms with Gasteiger partial charge in [-0.1, -0.05) is 25.7 Å². The fraction of sp³-hybridized carbons (Fsp3) is 0.786. The maximum atomic E-state index is 12.7. The van der Waals surface area contributed by atoms with Crippen LogP contribution >= 0.6 is 0 Å². The summed E-state index contributed by atoms with van der Waals surface area (Å²) < 4.78 is 29.2. The quantitative estimate of drug-likeness (QED) is 0.609. The lowest BCUT2D eigenvalue weighted by molar-refractivity contribution is -0.405. The van der Waals surface area contributed by atoms with Crippen LogP contribution in [-0.2, 0) is 14.8 Å². The Morgan fingerprint density at radius 3 is 2.23 bits per heavy atom. The van der Waals surface area contributed by atoms with Crippen LogP contribution in [0.1, 0.15) is 45.4 Å². The van der Waals surface area contributed by atoms with Crippen LogP contribution in [0.4, 0.5) is 4.79 Å². The van der Waals surface area contributed by atoms with E-state index < -0.39 is 27.2 Å². The first-order valence-electron chi connectivity index (χ1n) is 7.65. The maximum absolute atomic E-state index is 12.7. The number of amides is 3. The highest BCUT2D eigenvalue weighted by molar-refractivity contribution is 7.91. The van der Waals surface area contributed by atoms with Crippen molar-refractivity contribution in [3.05, 3.63) is 0 Å². The molecule has 0 aromatic heterocycles. The normalized spacial score (nSPS) is 25.6. The molecule has 2 rings (SSSR count). The molecule has 1 aliphatic carbocycles. The number of urea groups is 1. The summed E-state index contributed by atoms with van der Waals surface area (Å²) in [7, 11) is -1.07. The Kier molecular flexibility index (Phi) is 5.01. The summed E-state index contributed by atoms with van der Waals surface area (Å²) in [4.78, 5) is 25.0. The molecule has 2 aliphatic rings. The molecule has 0 saturated heterocycles. The van der Waals surface area contributed by atoms with Crippen LogP contribution in [0.3, 0.4) is 0 Å². The Balaban J connectivity index is 2.27. The second-order valence-electron chi connectivity index (χ2n) is 6.11. The number of hydrogen-bond donors (Lipinski definition) is 1. The van der Waals surface area contributed by atoms with Gasteiger partial charge in [-0.05, 0) is 19.8 Å². The Bertz CT molecular complexity index is 604. The summed E-state index contributed by atoms with van der Waals surface area (Å²) in [6.07, 6.45) is 5.81.